The molecule has 0 saturated heterocycles. The number of benzene rings is 2. The Bertz CT molecular complexity index is 1070. The van der Waals surface area contributed by atoms with Crippen LogP contribution in [0.15, 0.2) is 48.5 Å². The molecule has 1 unspecified atom stereocenters. The van der Waals surface area contributed by atoms with Crippen molar-refractivity contribution in [2.75, 3.05) is 18.1 Å². The normalized spacial score (nSPS) is 13.4. The maximum atomic E-state index is 12.6. The minimum Gasteiger partial charge on any atom is -0.454 e. The predicted molar refractivity (Wildman–Crippen MR) is 111 cm³/mol. The van der Waals surface area contributed by atoms with E-state index in [1.54, 1.807) is 55.5 Å². The molecule has 0 saturated carbocycles. The highest BCUT2D eigenvalue weighted by molar-refractivity contribution is 6.22. The molecule has 0 aliphatic carbocycles. The zero-order valence-electron chi connectivity index (χ0n) is 17.2. The number of fused-ring (bicyclic) bond motifs is 1. The fraction of sp³-hybridized carbons (Fsp3) is 0.261. The van der Waals surface area contributed by atoms with Crippen LogP contribution >= 0.6 is 0 Å². The highest BCUT2D eigenvalue weighted by Crippen LogP contribution is 2.26. The van der Waals surface area contributed by atoms with E-state index in [1.807, 2.05) is 6.07 Å². The summed E-state index contributed by atoms with van der Waals surface area (Å²) in [6.45, 7) is 2.75. The van der Waals surface area contributed by atoms with Crippen molar-refractivity contribution in [2.24, 2.45) is 0 Å². The van der Waals surface area contributed by atoms with E-state index in [-0.39, 0.29) is 24.1 Å². The Morgan fingerprint density at radius 2 is 1.77 bits per heavy atom. The van der Waals surface area contributed by atoms with E-state index in [1.165, 1.54) is 11.8 Å². The maximum Gasteiger partial charge on any atom is 0.329 e. The molecular formula is C23H21N3O5. The number of nitriles is 1. The summed E-state index contributed by atoms with van der Waals surface area (Å²) in [5.74, 6) is -2.53. The number of amides is 3. The lowest BCUT2D eigenvalue weighted by Gasteiger charge is -2.23. The molecule has 0 aromatic heterocycles. The highest BCUT2D eigenvalue weighted by atomic mass is 16.5. The number of carbonyl (C=O) groups is 4. The van der Waals surface area contributed by atoms with Gasteiger partial charge in [0, 0.05) is 12.2 Å². The lowest BCUT2D eigenvalue weighted by Crippen LogP contribution is -2.45. The van der Waals surface area contributed by atoms with Crippen molar-refractivity contribution in [3.8, 4) is 6.07 Å². The van der Waals surface area contributed by atoms with Gasteiger partial charge in [-0.3, -0.25) is 19.3 Å². The van der Waals surface area contributed by atoms with Crippen LogP contribution in [0.5, 0.6) is 0 Å². The van der Waals surface area contributed by atoms with Gasteiger partial charge >= 0.3 is 5.97 Å². The number of aryl methyl sites for hydroxylation is 1. The van der Waals surface area contributed by atoms with Gasteiger partial charge in [-0.05, 0) is 38.1 Å². The molecule has 1 heterocycles. The summed E-state index contributed by atoms with van der Waals surface area (Å²) in [6, 6.07) is 14.4. The first-order valence-corrected chi connectivity index (χ1v) is 9.72. The van der Waals surface area contributed by atoms with Crippen LogP contribution in [-0.2, 0) is 14.3 Å². The van der Waals surface area contributed by atoms with E-state index < -0.39 is 36.3 Å². The Morgan fingerprint density at radius 1 is 1.10 bits per heavy atom. The van der Waals surface area contributed by atoms with E-state index in [9.17, 15) is 19.2 Å². The van der Waals surface area contributed by atoms with Crippen LogP contribution in [0.1, 0.15) is 39.6 Å². The molecular weight excluding hydrogens is 398 g/mol. The molecule has 8 heteroatoms. The molecule has 8 nitrogen and oxygen atoms in total. The molecule has 158 valence electrons. The average Bonchev–Trinajstić information content (AvgIpc) is 3.01. The van der Waals surface area contributed by atoms with Gasteiger partial charge in [-0.25, -0.2) is 4.79 Å². The van der Waals surface area contributed by atoms with Crippen LogP contribution in [0.2, 0.25) is 0 Å². The number of hydrogen-bond donors (Lipinski definition) is 0. The minimum atomic E-state index is -1.19. The fourth-order valence-electron chi connectivity index (χ4n) is 3.33. The second kappa shape index (κ2) is 9.22. The third-order valence-electron chi connectivity index (χ3n) is 4.96. The Kier molecular flexibility index (Phi) is 6.46. The Morgan fingerprint density at radius 3 is 2.45 bits per heavy atom. The van der Waals surface area contributed by atoms with E-state index >= 15 is 0 Å². The van der Waals surface area contributed by atoms with Gasteiger partial charge in [0.15, 0.2) is 6.61 Å². The maximum absolute atomic E-state index is 12.6. The van der Waals surface area contributed by atoms with Crippen molar-refractivity contribution in [2.45, 2.75) is 26.3 Å². The lowest BCUT2D eigenvalue weighted by atomic mass is 10.1. The second-order valence-corrected chi connectivity index (χ2v) is 7.10. The van der Waals surface area contributed by atoms with Gasteiger partial charge in [0.2, 0.25) is 0 Å². The van der Waals surface area contributed by atoms with E-state index in [4.69, 9.17) is 10.00 Å². The molecule has 0 radical (unpaired) electrons. The van der Waals surface area contributed by atoms with Crippen LogP contribution in [-0.4, -0.2) is 47.8 Å². The zero-order chi connectivity index (χ0) is 22.5. The lowest BCUT2D eigenvalue weighted by molar-refractivity contribution is -0.151. The molecule has 31 heavy (non-hydrogen) atoms. The van der Waals surface area contributed by atoms with Crippen LogP contribution in [0.4, 0.5) is 5.69 Å². The number of ether oxygens (including phenoxy) is 1. The van der Waals surface area contributed by atoms with Crippen LogP contribution in [0, 0.1) is 18.3 Å². The number of esters is 1. The van der Waals surface area contributed by atoms with Crippen molar-refractivity contribution in [1.29, 1.82) is 5.26 Å². The summed E-state index contributed by atoms with van der Waals surface area (Å²) in [6.07, 6.45) is 0.111. The van der Waals surface area contributed by atoms with Crippen LogP contribution < -0.4 is 4.90 Å². The summed E-state index contributed by atoms with van der Waals surface area (Å²) in [5.41, 5.74) is 1.87. The van der Waals surface area contributed by atoms with Gasteiger partial charge < -0.3 is 9.64 Å². The van der Waals surface area contributed by atoms with Gasteiger partial charge in [-0.2, -0.15) is 5.26 Å². The molecule has 0 N–H and O–H groups in total. The number of carbonyl (C=O) groups excluding carboxylic acids is 4. The minimum absolute atomic E-state index is 0.111. The molecule has 3 rings (SSSR count). The summed E-state index contributed by atoms with van der Waals surface area (Å²) < 4.78 is 5.12. The molecule has 0 spiro atoms. The first-order valence-electron chi connectivity index (χ1n) is 9.72. The predicted octanol–water partition coefficient (Wildman–Crippen LogP) is 2.47. The van der Waals surface area contributed by atoms with Crippen molar-refractivity contribution < 1.29 is 23.9 Å². The molecule has 1 aliphatic heterocycles. The topological polar surface area (TPSA) is 108 Å². The third kappa shape index (κ3) is 4.46. The number of imide groups is 1. The Balaban J connectivity index is 1.67. The van der Waals surface area contributed by atoms with Crippen LogP contribution in [0.25, 0.3) is 0 Å². The number of hydrogen-bond acceptors (Lipinski definition) is 6. The molecule has 0 bridgehead atoms. The van der Waals surface area contributed by atoms with Gasteiger partial charge in [0.05, 0.1) is 23.6 Å². The van der Waals surface area contributed by atoms with Gasteiger partial charge in [-0.1, -0.05) is 29.8 Å². The first kappa shape index (κ1) is 21.7. The monoisotopic (exact) mass is 419 g/mol. The number of nitrogens with zero attached hydrogens (tertiary/aromatic N) is 3. The van der Waals surface area contributed by atoms with Crippen LogP contribution in [0.3, 0.4) is 0 Å². The molecule has 1 atom stereocenters. The second-order valence-electron chi connectivity index (χ2n) is 7.10. The SMILES string of the molecule is Cc1ccc2c(c1)C(=O)N(C(C)C(=O)OCC(=O)N(CCC#N)c1ccccc1)C2=O. The molecule has 0 fully saturated rings. The molecule has 1 aliphatic rings. The van der Waals surface area contributed by atoms with E-state index in [0.29, 0.717) is 5.69 Å². The zero-order valence-corrected chi connectivity index (χ0v) is 17.2. The van der Waals surface area contributed by atoms with E-state index in [2.05, 4.69) is 0 Å². The standard InChI is InChI=1S/C23H21N3O5/c1-15-9-10-18-19(13-15)22(29)26(21(18)28)16(2)23(30)31-14-20(27)25(12-6-11-24)17-7-4-3-5-8-17/h3-5,7-10,13,16H,6,12,14H2,1-2H3. The van der Waals surface area contributed by atoms with Gasteiger partial charge in [-0.15, -0.1) is 0 Å². The molecule has 2 aromatic rings. The van der Waals surface area contributed by atoms with Crippen molar-refractivity contribution in [3.05, 3.63) is 65.2 Å². The van der Waals surface area contributed by atoms with E-state index in [0.717, 1.165) is 10.5 Å². The first-order chi connectivity index (χ1) is 14.8. The quantitative estimate of drug-likeness (QED) is 0.504. The summed E-state index contributed by atoms with van der Waals surface area (Å²) in [7, 11) is 0. The number of rotatable bonds is 7. The fourth-order valence-corrected chi connectivity index (χ4v) is 3.33. The Labute approximate surface area is 179 Å². The van der Waals surface area contributed by atoms with Crippen molar-refractivity contribution >= 4 is 29.4 Å². The molecule has 2 aromatic carbocycles. The van der Waals surface area contributed by atoms with Crippen molar-refractivity contribution in [1.82, 2.24) is 4.90 Å². The highest BCUT2D eigenvalue weighted by Gasteiger charge is 2.41. The smallest absolute Gasteiger partial charge is 0.329 e. The number of para-hydroxylation sites is 1. The summed E-state index contributed by atoms with van der Waals surface area (Å²) >= 11 is 0. The number of anilines is 1. The van der Waals surface area contributed by atoms with Crippen molar-refractivity contribution in [3.63, 3.8) is 0 Å². The Hall–Kier alpha value is -3.99. The average molecular weight is 419 g/mol. The summed E-state index contributed by atoms with van der Waals surface area (Å²) in [4.78, 5) is 52.6. The van der Waals surface area contributed by atoms with Gasteiger partial charge in [0.1, 0.15) is 6.04 Å². The summed E-state index contributed by atoms with van der Waals surface area (Å²) in [5, 5.41) is 8.85. The largest absolute Gasteiger partial charge is 0.454 e. The molecule has 3 amide bonds. The third-order valence-corrected chi connectivity index (χ3v) is 4.96. The van der Waals surface area contributed by atoms with Gasteiger partial charge in [0.25, 0.3) is 17.7 Å².